The van der Waals surface area contributed by atoms with Gasteiger partial charge in [-0.1, -0.05) is 11.6 Å². The lowest BCUT2D eigenvalue weighted by atomic mass is 10.1. The summed E-state index contributed by atoms with van der Waals surface area (Å²) in [6.07, 6.45) is 0.908. The number of hydrogen-bond donors (Lipinski definition) is 4. The molecule has 1 aliphatic rings. The quantitative estimate of drug-likeness (QED) is 0.504. The van der Waals surface area contributed by atoms with Gasteiger partial charge >= 0.3 is 0 Å². The van der Waals surface area contributed by atoms with Crippen LogP contribution in [0.25, 0.3) is 16.7 Å². The lowest BCUT2D eigenvalue weighted by Crippen LogP contribution is -2.20. The summed E-state index contributed by atoms with van der Waals surface area (Å²) in [6, 6.07) is 3.46. The van der Waals surface area contributed by atoms with Crippen molar-refractivity contribution in [3.05, 3.63) is 39.4 Å². The summed E-state index contributed by atoms with van der Waals surface area (Å²) in [5.41, 5.74) is 15.3. The molecular formula is C21H24ClN5O3. The molecule has 1 atom stereocenters. The van der Waals surface area contributed by atoms with E-state index in [-0.39, 0.29) is 28.3 Å². The van der Waals surface area contributed by atoms with Crippen molar-refractivity contribution in [1.29, 1.82) is 0 Å². The maximum Gasteiger partial charge on any atom is 0.253 e. The summed E-state index contributed by atoms with van der Waals surface area (Å²) < 4.78 is 7.74. The number of pyridine rings is 1. The zero-order chi connectivity index (χ0) is 21.7. The maximum absolute atomic E-state index is 12.2. The lowest BCUT2D eigenvalue weighted by Gasteiger charge is -2.17. The second kappa shape index (κ2) is 7.37. The molecule has 3 aromatic rings. The van der Waals surface area contributed by atoms with Gasteiger partial charge in [0, 0.05) is 23.1 Å². The number of carbonyl (C=O) groups excluding carboxylic acids is 1. The molecular weight excluding hydrogens is 406 g/mol. The van der Waals surface area contributed by atoms with Crippen LogP contribution in [-0.4, -0.2) is 39.8 Å². The van der Waals surface area contributed by atoms with E-state index in [1.54, 1.807) is 17.6 Å². The van der Waals surface area contributed by atoms with Crippen LogP contribution in [-0.2, 0) is 0 Å². The van der Waals surface area contributed by atoms with E-state index in [2.05, 4.69) is 5.32 Å². The number of anilines is 1. The van der Waals surface area contributed by atoms with E-state index in [4.69, 9.17) is 32.8 Å². The number of nitrogen functional groups attached to an aromatic ring is 1. The van der Waals surface area contributed by atoms with E-state index < -0.39 is 5.91 Å². The van der Waals surface area contributed by atoms with Gasteiger partial charge in [-0.2, -0.15) is 4.98 Å². The smallest absolute Gasteiger partial charge is 0.253 e. The molecule has 1 fully saturated rings. The summed E-state index contributed by atoms with van der Waals surface area (Å²) in [4.78, 5) is 17.0. The van der Waals surface area contributed by atoms with Gasteiger partial charge in [-0.05, 0) is 51.4 Å². The third-order valence-corrected chi connectivity index (χ3v) is 5.83. The average molecular weight is 430 g/mol. The molecule has 2 aromatic heterocycles. The number of nitrogens with zero attached hydrogens (tertiary/aromatic N) is 2. The fourth-order valence-electron chi connectivity index (χ4n) is 4.05. The molecule has 0 saturated carbocycles. The second-order valence-corrected chi connectivity index (χ2v) is 8.08. The highest BCUT2D eigenvalue weighted by Gasteiger charge is 2.26. The number of amides is 1. The molecule has 1 saturated heterocycles. The number of halogens is 1. The molecule has 0 bridgehead atoms. The number of nitrogens with one attached hydrogen (secondary N) is 1. The molecule has 1 aliphatic heterocycles. The van der Waals surface area contributed by atoms with Crippen LogP contribution >= 0.6 is 11.6 Å². The number of benzene rings is 1. The minimum Gasteiger partial charge on any atom is -0.506 e. The topological polar surface area (TPSA) is 128 Å². The predicted octanol–water partition coefficient (Wildman–Crippen LogP) is 2.73. The molecule has 4 rings (SSSR count). The van der Waals surface area contributed by atoms with Crippen molar-refractivity contribution in [2.24, 2.45) is 5.73 Å². The number of aryl methyl sites for hydroxylation is 2. The summed E-state index contributed by atoms with van der Waals surface area (Å²) in [7, 11) is 0. The third kappa shape index (κ3) is 3.12. The maximum atomic E-state index is 12.2. The Morgan fingerprint density at radius 2 is 2.07 bits per heavy atom. The molecule has 1 aromatic carbocycles. The van der Waals surface area contributed by atoms with E-state index in [0.29, 0.717) is 28.2 Å². The Kier molecular flexibility index (Phi) is 4.99. The lowest BCUT2D eigenvalue weighted by molar-refractivity contribution is 0.100. The molecule has 8 nitrogen and oxygen atoms in total. The van der Waals surface area contributed by atoms with Gasteiger partial charge in [0.25, 0.3) is 5.91 Å². The molecule has 6 N–H and O–H groups in total. The first-order valence-electron chi connectivity index (χ1n) is 9.68. The fraction of sp³-hybridized carbons (Fsp3) is 0.333. The molecule has 1 amide bonds. The van der Waals surface area contributed by atoms with Crippen LogP contribution in [0.3, 0.4) is 0 Å². The second-order valence-electron chi connectivity index (χ2n) is 7.67. The standard InChI is InChI=1S/C21H24ClN5O3/c1-9-7-14(22)17(28)11(3)16(9)27-18(23)15(19(24)29)13-6-10(2)21(26-20(13)27)30-12-4-5-25-8-12/h6-7,12,25,28H,4-5,8,23H2,1-3H3,(H2,24,29)/t12-/m0/s1. The van der Waals surface area contributed by atoms with E-state index in [9.17, 15) is 9.90 Å². The van der Waals surface area contributed by atoms with Crippen LogP contribution in [0.2, 0.25) is 5.02 Å². The van der Waals surface area contributed by atoms with Crippen molar-refractivity contribution in [1.82, 2.24) is 14.9 Å². The number of primary amides is 1. The monoisotopic (exact) mass is 429 g/mol. The number of hydrogen-bond acceptors (Lipinski definition) is 6. The van der Waals surface area contributed by atoms with Crippen LogP contribution in [0.1, 0.15) is 33.5 Å². The molecule has 9 heteroatoms. The minimum absolute atomic E-state index is 0.0214. The first kappa shape index (κ1) is 20.3. The Balaban J connectivity index is 2.03. The van der Waals surface area contributed by atoms with Gasteiger partial charge in [0.1, 0.15) is 17.7 Å². The van der Waals surface area contributed by atoms with Crippen molar-refractivity contribution in [2.75, 3.05) is 18.8 Å². The normalized spacial score (nSPS) is 16.3. The summed E-state index contributed by atoms with van der Waals surface area (Å²) in [5, 5.41) is 14.4. The van der Waals surface area contributed by atoms with E-state index >= 15 is 0 Å². The van der Waals surface area contributed by atoms with E-state index in [1.165, 1.54) is 0 Å². The number of rotatable bonds is 4. The first-order valence-corrected chi connectivity index (χ1v) is 10.1. The predicted molar refractivity (Wildman–Crippen MR) is 117 cm³/mol. The van der Waals surface area contributed by atoms with Crippen molar-refractivity contribution in [3.8, 4) is 17.3 Å². The van der Waals surface area contributed by atoms with Gasteiger partial charge in [-0.15, -0.1) is 0 Å². The highest BCUT2D eigenvalue weighted by atomic mass is 35.5. The number of aromatic nitrogens is 2. The molecule has 0 radical (unpaired) electrons. The number of aromatic hydroxyl groups is 1. The Labute approximate surface area is 178 Å². The first-order chi connectivity index (χ1) is 14.2. The highest BCUT2D eigenvalue weighted by molar-refractivity contribution is 6.32. The average Bonchev–Trinajstić information content (AvgIpc) is 3.27. The third-order valence-electron chi connectivity index (χ3n) is 5.54. The molecule has 158 valence electrons. The Hall–Kier alpha value is -2.97. The van der Waals surface area contributed by atoms with E-state index in [0.717, 1.165) is 30.6 Å². The number of fused-ring (bicyclic) bond motifs is 1. The molecule has 30 heavy (non-hydrogen) atoms. The van der Waals surface area contributed by atoms with Gasteiger partial charge in [0.05, 0.1) is 16.3 Å². The zero-order valence-electron chi connectivity index (χ0n) is 17.0. The Bertz CT molecular complexity index is 1180. The minimum atomic E-state index is -0.653. The van der Waals surface area contributed by atoms with Gasteiger partial charge in [0.15, 0.2) is 5.65 Å². The highest BCUT2D eigenvalue weighted by Crippen LogP contribution is 2.39. The molecule has 0 unspecified atom stereocenters. The Morgan fingerprint density at radius 3 is 2.70 bits per heavy atom. The number of nitrogens with two attached hydrogens (primary N) is 2. The van der Waals surface area contributed by atoms with Crippen LogP contribution in [0, 0.1) is 20.8 Å². The number of phenols is 1. The van der Waals surface area contributed by atoms with Crippen LogP contribution in [0.5, 0.6) is 11.6 Å². The summed E-state index contributed by atoms with van der Waals surface area (Å²) in [5.74, 6) is -0.0872. The zero-order valence-corrected chi connectivity index (χ0v) is 17.8. The SMILES string of the molecule is Cc1cc2c(C(N)=O)c(N)n(-c3c(C)cc(Cl)c(O)c3C)c2nc1O[C@H]1CCNC1. The molecule has 0 spiro atoms. The van der Waals surface area contributed by atoms with Crippen LogP contribution < -0.4 is 21.5 Å². The summed E-state index contributed by atoms with van der Waals surface area (Å²) >= 11 is 6.13. The molecule has 0 aliphatic carbocycles. The summed E-state index contributed by atoms with van der Waals surface area (Å²) in [6.45, 7) is 7.09. The Morgan fingerprint density at radius 1 is 1.33 bits per heavy atom. The van der Waals surface area contributed by atoms with Gasteiger partial charge in [-0.3, -0.25) is 9.36 Å². The van der Waals surface area contributed by atoms with Gasteiger partial charge in [-0.25, -0.2) is 0 Å². The largest absolute Gasteiger partial charge is 0.506 e. The van der Waals surface area contributed by atoms with Gasteiger partial charge < -0.3 is 26.6 Å². The number of ether oxygens (including phenoxy) is 1. The van der Waals surface area contributed by atoms with Crippen LogP contribution in [0.15, 0.2) is 12.1 Å². The fourth-order valence-corrected chi connectivity index (χ4v) is 4.36. The van der Waals surface area contributed by atoms with Gasteiger partial charge in [0.2, 0.25) is 5.88 Å². The van der Waals surface area contributed by atoms with Crippen molar-refractivity contribution in [2.45, 2.75) is 33.3 Å². The van der Waals surface area contributed by atoms with Crippen LogP contribution in [0.4, 0.5) is 5.82 Å². The number of carbonyl (C=O) groups is 1. The van der Waals surface area contributed by atoms with Crippen molar-refractivity contribution in [3.63, 3.8) is 0 Å². The van der Waals surface area contributed by atoms with Crippen molar-refractivity contribution < 1.29 is 14.6 Å². The molecule has 3 heterocycles. The van der Waals surface area contributed by atoms with E-state index in [1.807, 2.05) is 19.9 Å². The van der Waals surface area contributed by atoms with Crippen molar-refractivity contribution >= 4 is 34.4 Å². The number of phenolic OH excluding ortho intramolecular Hbond substituents is 1.